The number of morpholine rings is 1. The molecule has 1 N–H and O–H groups in total. The van der Waals surface area contributed by atoms with Gasteiger partial charge >= 0.3 is 0 Å². The van der Waals surface area contributed by atoms with Crippen LogP contribution in [0.3, 0.4) is 0 Å². The second-order valence-electron chi connectivity index (χ2n) is 7.23. The summed E-state index contributed by atoms with van der Waals surface area (Å²) < 4.78 is 51.8. The quantitative estimate of drug-likeness (QED) is 0.753. The minimum atomic E-state index is -4.03. The highest BCUT2D eigenvalue weighted by molar-refractivity contribution is 7.89. The molecule has 0 bridgehead atoms. The molecule has 0 radical (unpaired) electrons. The molecule has 0 aliphatic carbocycles. The number of anilines is 1. The molecule has 1 fully saturated rings. The van der Waals surface area contributed by atoms with Crippen LogP contribution >= 0.6 is 0 Å². The Labute approximate surface area is 175 Å². The fraction of sp³-hybridized carbons (Fsp3) is 0.381. The lowest BCUT2D eigenvalue weighted by Crippen LogP contribution is -2.40. The Morgan fingerprint density at radius 3 is 2.40 bits per heavy atom. The Bertz CT molecular complexity index is 1030. The van der Waals surface area contributed by atoms with Crippen molar-refractivity contribution < 1.29 is 27.1 Å². The van der Waals surface area contributed by atoms with Crippen molar-refractivity contribution in [1.82, 2.24) is 4.31 Å². The first-order valence-corrected chi connectivity index (χ1v) is 11.0. The number of hydrogen-bond acceptors (Lipinski definition) is 5. The van der Waals surface area contributed by atoms with Gasteiger partial charge in [0.05, 0.1) is 13.2 Å². The van der Waals surface area contributed by atoms with Crippen molar-refractivity contribution in [1.29, 1.82) is 0 Å². The van der Waals surface area contributed by atoms with Gasteiger partial charge in [-0.2, -0.15) is 4.31 Å². The van der Waals surface area contributed by atoms with Crippen LogP contribution in [0.15, 0.2) is 35.2 Å². The van der Waals surface area contributed by atoms with E-state index in [-0.39, 0.29) is 38.6 Å². The predicted octanol–water partition coefficient (Wildman–Crippen LogP) is 2.79. The van der Waals surface area contributed by atoms with Crippen molar-refractivity contribution in [3.8, 4) is 5.75 Å². The molecule has 9 heteroatoms. The molecule has 0 atom stereocenters. The molecule has 1 amide bonds. The Morgan fingerprint density at radius 1 is 1.13 bits per heavy atom. The first-order chi connectivity index (χ1) is 14.2. The lowest BCUT2D eigenvalue weighted by molar-refractivity contribution is -0.118. The minimum Gasteiger partial charge on any atom is -0.483 e. The number of halogens is 1. The van der Waals surface area contributed by atoms with Gasteiger partial charge in [0.1, 0.15) is 16.5 Å². The van der Waals surface area contributed by atoms with E-state index in [1.165, 1.54) is 10.4 Å². The highest BCUT2D eigenvalue weighted by atomic mass is 32.2. The van der Waals surface area contributed by atoms with Crippen LogP contribution in [0.25, 0.3) is 0 Å². The number of sulfonamides is 1. The number of nitrogens with zero attached hydrogens (tertiary/aromatic N) is 1. The molecule has 0 aromatic heterocycles. The number of carbonyl (C=O) groups is 1. The summed E-state index contributed by atoms with van der Waals surface area (Å²) in [4.78, 5) is 11.8. The maximum atomic E-state index is 14.3. The maximum Gasteiger partial charge on any atom is 0.262 e. The van der Waals surface area contributed by atoms with Gasteiger partial charge in [-0.3, -0.25) is 4.79 Å². The van der Waals surface area contributed by atoms with Crippen molar-refractivity contribution in [3.63, 3.8) is 0 Å². The average Bonchev–Trinajstić information content (AvgIpc) is 2.69. The number of aryl methyl sites for hydroxylation is 3. The summed E-state index contributed by atoms with van der Waals surface area (Å²) in [6.07, 6.45) is 0. The van der Waals surface area contributed by atoms with E-state index in [1.807, 2.05) is 32.9 Å². The Balaban J connectivity index is 1.71. The monoisotopic (exact) mass is 436 g/mol. The minimum absolute atomic E-state index is 0.154. The van der Waals surface area contributed by atoms with Crippen molar-refractivity contribution in [2.75, 3.05) is 38.2 Å². The van der Waals surface area contributed by atoms with Gasteiger partial charge in [0.2, 0.25) is 10.0 Å². The molecule has 162 valence electrons. The summed E-state index contributed by atoms with van der Waals surface area (Å²) in [5.74, 6) is -0.720. The Kier molecular flexibility index (Phi) is 6.74. The van der Waals surface area contributed by atoms with E-state index in [1.54, 1.807) is 0 Å². The van der Waals surface area contributed by atoms with Gasteiger partial charge in [0, 0.05) is 18.8 Å². The summed E-state index contributed by atoms with van der Waals surface area (Å²) in [5.41, 5.74) is 3.11. The number of rotatable bonds is 6. The van der Waals surface area contributed by atoms with Crippen LogP contribution in [0.4, 0.5) is 10.1 Å². The number of nitrogens with one attached hydrogen (secondary N) is 1. The van der Waals surface area contributed by atoms with E-state index in [0.29, 0.717) is 5.75 Å². The van der Waals surface area contributed by atoms with Crippen LogP contribution in [0.1, 0.15) is 16.7 Å². The van der Waals surface area contributed by atoms with Crippen LogP contribution in [-0.4, -0.2) is 51.5 Å². The van der Waals surface area contributed by atoms with E-state index in [4.69, 9.17) is 9.47 Å². The summed E-state index contributed by atoms with van der Waals surface area (Å²) in [6.45, 7) is 6.34. The molecule has 1 aliphatic rings. The lowest BCUT2D eigenvalue weighted by atomic mass is 10.1. The lowest BCUT2D eigenvalue weighted by Gasteiger charge is -2.26. The average molecular weight is 437 g/mol. The molecule has 7 nitrogen and oxygen atoms in total. The van der Waals surface area contributed by atoms with Crippen molar-refractivity contribution >= 4 is 21.6 Å². The molecule has 0 saturated carbocycles. The zero-order valence-electron chi connectivity index (χ0n) is 17.2. The highest BCUT2D eigenvalue weighted by Crippen LogP contribution is 2.26. The summed E-state index contributed by atoms with van der Waals surface area (Å²) in [6, 6.07) is 7.39. The normalized spacial score (nSPS) is 15.1. The summed E-state index contributed by atoms with van der Waals surface area (Å²) in [7, 11) is -4.03. The van der Waals surface area contributed by atoms with Crippen LogP contribution in [0.5, 0.6) is 5.75 Å². The van der Waals surface area contributed by atoms with Crippen molar-refractivity contribution in [2.45, 2.75) is 25.7 Å². The van der Waals surface area contributed by atoms with Crippen molar-refractivity contribution in [3.05, 3.63) is 52.8 Å². The number of amides is 1. The third kappa shape index (κ3) is 4.97. The van der Waals surface area contributed by atoms with Crippen LogP contribution in [0.2, 0.25) is 0 Å². The second-order valence-corrected chi connectivity index (χ2v) is 9.13. The third-order valence-corrected chi connectivity index (χ3v) is 6.67. The predicted molar refractivity (Wildman–Crippen MR) is 111 cm³/mol. The number of benzene rings is 2. The van der Waals surface area contributed by atoms with Gasteiger partial charge in [-0.1, -0.05) is 17.7 Å². The molecule has 3 rings (SSSR count). The molecule has 1 heterocycles. The molecule has 1 aliphatic heterocycles. The number of ether oxygens (including phenoxy) is 2. The van der Waals surface area contributed by atoms with Gasteiger partial charge in [0.25, 0.3) is 5.91 Å². The van der Waals surface area contributed by atoms with Gasteiger partial charge in [-0.05, 0) is 50.1 Å². The largest absolute Gasteiger partial charge is 0.483 e. The van der Waals surface area contributed by atoms with E-state index in [2.05, 4.69) is 5.32 Å². The van der Waals surface area contributed by atoms with E-state index >= 15 is 0 Å². The smallest absolute Gasteiger partial charge is 0.262 e. The molecule has 0 spiro atoms. The van der Waals surface area contributed by atoms with Crippen LogP contribution in [0, 0.1) is 26.6 Å². The topological polar surface area (TPSA) is 84.9 Å². The first kappa shape index (κ1) is 22.2. The molecule has 1 saturated heterocycles. The van der Waals surface area contributed by atoms with Crippen molar-refractivity contribution in [2.24, 2.45) is 0 Å². The van der Waals surface area contributed by atoms with Gasteiger partial charge in [0.15, 0.2) is 6.61 Å². The van der Waals surface area contributed by atoms with Crippen LogP contribution < -0.4 is 10.1 Å². The molecule has 2 aromatic carbocycles. The zero-order chi connectivity index (χ0) is 21.9. The Morgan fingerprint density at radius 2 is 1.77 bits per heavy atom. The van der Waals surface area contributed by atoms with Crippen LogP contribution in [-0.2, 0) is 19.6 Å². The van der Waals surface area contributed by atoms with E-state index in [0.717, 1.165) is 28.8 Å². The molecular weight excluding hydrogens is 411 g/mol. The molecule has 2 aromatic rings. The maximum absolute atomic E-state index is 14.3. The van der Waals surface area contributed by atoms with E-state index in [9.17, 15) is 17.6 Å². The SMILES string of the molecule is Cc1cc(C)c(OCC(=O)Nc2ccc(F)c(S(=O)(=O)N3CCOCC3)c2)c(C)c1. The Hall–Kier alpha value is -2.49. The van der Waals surface area contributed by atoms with Gasteiger partial charge in [-0.15, -0.1) is 0 Å². The summed E-state index contributed by atoms with van der Waals surface area (Å²) >= 11 is 0. The molecule has 30 heavy (non-hydrogen) atoms. The van der Waals surface area contributed by atoms with Gasteiger partial charge < -0.3 is 14.8 Å². The molecular formula is C21H25FN2O5S. The molecule has 0 unspecified atom stereocenters. The number of carbonyl (C=O) groups excluding carboxylic acids is 1. The third-order valence-electron chi connectivity index (χ3n) is 4.76. The fourth-order valence-electron chi connectivity index (χ4n) is 3.43. The second kappa shape index (κ2) is 9.11. The number of hydrogen-bond donors (Lipinski definition) is 1. The highest BCUT2D eigenvalue weighted by Gasteiger charge is 2.29. The summed E-state index contributed by atoms with van der Waals surface area (Å²) in [5, 5.41) is 2.57. The fourth-order valence-corrected chi connectivity index (χ4v) is 4.93. The zero-order valence-corrected chi connectivity index (χ0v) is 18.0. The standard InChI is InChI=1S/C21H25FN2O5S/c1-14-10-15(2)21(16(3)11-14)29-13-20(25)23-17-4-5-18(22)19(12-17)30(26,27)24-6-8-28-9-7-24/h4-5,10-12H,6-9,13H2,1-3H3,(H,23,25). The van der Waals surface area contributed by atoms with E-state index < -0.39 is 26.6 Å². The first-order valence-electron chi connectivity index (χ1n) is 9.56. The van der Waals surface area contributed by atoms with Gasteiger partial charge in [-0.25, -0.2) is 12.8 Å².